The Bertz CT molecular complexity index is 1370. The van der Waals surface area contributed by atoms with Crippen LogP contribution in [0.2, 0.25) is 0 Å². The Labute approximate surface area is 204 Å². The third kappa shape index (κ3) is 4.32. The van der Waals surface area contributed by atoms with Crippen LogP contribution in [-0.2, 0) is 4.79 Å². The highest BCUT2D eigenvalue weighted by Crippen LogP contribution is 2.43. The summed E-state index contributed by atoms with van der Waals surface area (Å²) in [5, 5.41) is 3.26. The third-order valence-corrected chi connectivity index (χ3v) is 6.02. The van der Waals surface area contributed by atoms with E-state index in [9.17, 15) is 9.59 Å². The van der Waals surface area contributed by atoms with E-state index in [0.29, 0.717) is 22.6 Å². The number of hydrogen-bond acceptors (Lipinski definition) is 4. The van der Waals surface area contributed by atoms with Crippen LogP contribution in [0.15, 0.2) is 127 Å². The number of carbonyl (C=O) groups is 2. The van der Waals surface area contributed by atoms with Gasteiger partial charge in [0.1, 0.15) is 11.4 Å². The summed E-state index contributed by atoms with van der Waals surface area (Å²) in [6.45, 7) is 0. The van der Waals surface area contributed by atoms with E-state index in [1.165, 1.54) is 0 Å². The molecule has 172 valence electrons. The molecule has 0 unspecified atom stereocenters. The van der Waals surface area contributed by atoms with Crippen LogP contribution in [0.5, 0.6) is 5.75 Å². The molecule has 0 aliphatic carbocycles. The van der Waals surface area contributed by atoms with Gasteiger partial charge in [-0.25, -0.2) is 0 Å². The number of amides is 1. The molecule has 4 aromatic rings. The van der Waals surface area contributed by atoms with Crippen molar-refractivity contribution in [3.63, 3.8) is 0 Å². The van der Waals surface area contributed by atoms with Gasteiger partial charge in [-0.1, -0.05) is 78.9 Å². The van der Waals surface area contributed by atoms with Crippen LogP contribution in [0.4, 0.5) is 11.4 Å². The first kappa shape index (κ1) is 22.2. The normalized spacial score (nSPS) is 15.3. The maximum absolute atomic E-state index is 14.0. The lowest BCUT2D eigenvalue weighted by atomic mass is 9.92. The number of nitrogens with zero attached hydrogens (tertiary/aromatic N) is 1. The number of benzene rings is 4. The molecule has 5 nitrogen and oxygen atoms in total. The Morgan fingerprint density at radius 3 is 1.94 bits per heavy atom. The number of hydrogen-bond donors (Lipinski definition) is 1. The first-order valence-corrected chi connectivity index (χ1v) is 11.4. The predicted molar refractivity (Wildman–Crippen MR) is 138 cm³/mol. The number of para-hydroxylation sites is 2. The van der Waals surface area contributed by atoms with Crippen LogP contribution in [0.3, 0.4) is 0 Å². The quantitative estimate of drug-likeness (QED) is 0.342. The van der Waals surface area contributed by atoms with E-state index >= 15 is 0 Å². The number of ether oxygens (including phenoxy) is 1. The summed E-state index contributed by atoms with van der Waals surface area (Å²) >= 11 is 0. The van der Waals surface area contributed by atoms with Crippen molar-refractivity contribution in [2.45, 2.75) is 6.04 Å². The molecule has 0 aromatic heterocycles. The van der Waals surface area contributed by atoms with Gasteiger partial charge in [-0.2, -0.15) is 0 Å². The minimum Gasteiger partial charge on any atom is -0.497 e. The van der Waals surface area contributed by atoms with Crippen LogP contribution >= 0.6 is 0 Å². The fraction of sp³-hybridized carbons (Fsp3) is 0.0667. The van der Waals surface area contributed by atoms with Crippen molar-refractivity contribution in [1.82, 2.24) is 0 Å². The number of methoxy groups -OCH3 is 1. The van der Waals surface area contributed by atoms with Gasteiger partial charge < -0.3 is 10.1 Å². The predicted octanol–water partition coefficient (Wildman–Crippen LogP) is 6.03. The second-order valence-electron chi connectivity index (χ2n) is 8.16. The van der Waals surface area contributed by atoms with Crippen LogP contribution in [-0.4, -0.2) is 18.8 Å². The van der Waals surface area contributed by atoms with Crippen molar-refractivity contribution < 1.29 is 14.3 Å². The molecule has 0 spiro atoms. The maximum atomic E-state index is 14.0. The van der Waals surface area contributed by atoms with Crippen molar-refractivity contribution >= 4 is 23.1 Å². The molecule has 1 heterocycles. The molecule has 0 saturated heterocycles. The molecule has 1 aliphatic rings. The highest BCUT2D eigenvalue weighted by Gasteiger charge is 2.44. The zero-order valence-corrected chi connectivity index (χ0v) is 19.2. The number of nitrogens with one attached hydrogen (secondary N) is 1. The number of Topliss-reactive ketones (excluding diaryl/α,β-unsaturated/α-hetero) is 1. The van der Waals surface area contributed by atoms with E-state index in [2.05, 4.69) is 5.32 Å². The van der Waals surface area contributed by atoms with Gasteiger partial charge in [0.15, 0.2) is 5.78 Å². The highest BCUT2D eigenvalue weighted by atomic mass is 16.5. The maximum Gasteiger partial charge on any atom is 0.276 e. The minimum absolute atomic E-state index is 0.198. The van der Waals surface area contributed by atoms with Crippen molar-refractivity contribution in [2.24, 2.45) is 0 Å². The summed E-state index contributed by atoms with van der Waals surface area (Å²) in [5.41, 5.74) is 3.45. The molecule has 1 aliphatic heterocycles. The smallest absolute Gasteiger partial charge is 0.276 e. The zero-order valence-electron chi connectivity index (χ0n) is 19.2. The summed E-state index contributed by atoms with van der Waals surface area (Å²) in [4.78, 5) is 29.7. The summed E-state index contributed by atoms with van der Waals surface area (Å²) in [7, 11) is 1.61. The van der Waals surface area contributed by atoms with Crippen LogP contribution < -0.4 is 15.0 Å². The molecule has 5 rings (SSSR count). The molecule has 0 radical (unpaired) electrons. The largest absolute Gasteiger partial charge is 0.497 e. The standard InChI is InChI=1S/C30H24N2O3/c1-35-25-19-17-21(18-20-25)28-26(29(33)22-11-5-2-6-12-22)27(31-23-13-7-3-8-14-23)30(34)32(28)24-15-9-4-10-16-24/h2-20,28,31H,1H3/t28-/m0/s1. The first-order chi connectivity index (χ1) is 17.2. The molecule has 1 atom stereocenters. The van der Waals surface area contributed by atoms with E-state index < -0.39 is 6.04 Å². The second kappa shape index (κ2) is 9.69. The van der Waals surface area contributed by atoms with Gasteiger partial charge in [-0.05, 0) is 42.0 Å². The van der Waals surface area contributed by atoms with Gasteiger partial charge in [-0.15, -0.1) is 0 Å². The van der Waals surface area contributed by atoms with Crippen LogP contribution in [0.1, 0.15) is 22.0 Å². The second-order valence-corrected chi connectivity index (χ2v) is 8.16. The summed E-state index contributed by atoms with van der Waals surface area (Å²) in [6, 6.07) is 34.8. The van der Waals surface area contributed by atoms with Gasteiger partial charge in [0.2, 0.25) is 0 Å². The fourth-order valence-corrected chi connectivity index (χ4v) is 4.34. The highest BCUT2D eigenvalue weighted by molar-refractivity contribution is 6.23. The number of carbonyl (C=O) groups excluding carboxylic acids is 2. The molecule has 0 bridgehead atoms. The van der Waals surface area contributed by atoms with Crippen molar-refractivity contribution in [3.05, 3.63) is 138 Å². The zero-order chi connectivity index (χ0) is 24.2. The molecule has 4 aromatic carbocycles. The average Bonchev–Trinajstić information content (AvgIpc) is 3.21. The molecule has 0 saturated carbocycles. The van der Waals surface area contributed by atoms with Gasteiger partial charge >= 0.3 is 0 Å². The number of anilines is 2. The van der Waals surface area contributed by atoms with Gasteiger partial charge in [0.05, 0.1) is 18.7 Å². The molecule has 1 amide bonds. The first-order valence-electron chi connectivity index (χ1n) is 11.4. The fourth-order valence-electron chi connectivity index (χ4n) is 4.34. The Balaban J connectivity index is 1.72. The van der Waals surface area contributed by atoms with Crippen molar-refractivity contribution in [2.75, 3.05) is 17.3 Å². The van der Waals surface area contributed by atoms with Gasteiger partial charge in [0, 0.05) is 16.9 Å². The van der Waals surface area contributed by atoms with E-state index in [4.69, 9.17) is 4.74 Å². The molecular weight excluding hydrogens is 436 g/mol. The topological polar surface area (TPSA) is 58.6 Å². The molecule has 5 heteroatoms. The van der Waals surface area contributed by atoms with Gasteiger partial charge in [0.25, 0.3) is 5.91 Å². The SMILES string of the molecule is COc1ccc([C@H]2C(C(=O)c3ccccc3)=C(Nc3ccccc3)C(=O)N2c2ccccc2)cc1. The lowest BCUT2D eigenvalue weighted by Gasteiger charge is -2.27. The van der Waals surface area contributed by atoms with E-state index in [1.54, 1.807) is 24.1 Å². The number of rotatable bonds is 7. The Kier molecular flexibility index (Phi) is 6.14. The monoisotopic (exact) mass is 460 g/mol. The minimum atomic E-state index is -0.616. The molecule has 0 fully saturated rings. The average molecular weight is 461 g/mol. The lowest BCUT2D eigenvalue weighted by Crippen LogP contribution is -2.31. The third-order valence-electron chi connectivity index (χ3n) is 6.02. The molecule has 35 heavy (non-hydrogen) atoms. The van der Waals surface area contributed by atoms with Gasteiger partial charge in [-0.3, -0.25) is 14.5 Å². The Morgan fingerprint density at radius 2 is 1.34 bits per heavy atom. The van der Waals surface area contributed by atoms with E-state index in [0.717, 1.165) is 11.3 Å². The van der Waals surface area contributed by atoms with E-state index in [-0.39, 0.29) is 17.4 Å². The molecule has 1 N–H and O–H groups in total. The summed E-state index contributed by atoms with van der Waals surface area (Å²) in [5.74, 6) is 0.240. The Morgan fingerprint density at radius 1 is 0.771 bits per heavy atom. The van der Waals surface area contributed by atoms with Crippen LogP contribution in [0, 0.1) is 0 Å². The summed E-state index contributed by atoms with van der Waals surface area (Å²) < 4.78 is 5.34. The number of ketones is 1. The molecular formula is C30H24N2O3. The van der Waals surface area contributed by atoms with Crippen molar-refractivity contribution in [3.8, 4) is 5.75 Å². The summed E-state index contributed by atoms with van der Waals surface area (Å²) in [6.07, 6.45) is 0. The Hall–Kier alpha value is -4.64. The van der Waals surface area contributed by atoms with E-state index in [1.807, 2.05) is 103 Å². The lowest BCUT2D eigenvalue weighted by molar-refractivity contribution is -0.114. The van der Waals surface area contributed by atoms with Crippen LogP contribution in [0.25, 0.3) is 0 Å². The van der Waals surface area contributed by atoms with Crippen molar-refractivity contribution in [1.29, 1.82) is 0 Å².